The van der Waals surface area contributed by atoms with E-state index in [1.54, 1.807) is 10.6 Å². The maximum absolute atomic E-state index is 15.2. The van der Waals surface area contributed by atoms with Crippen LogP contribution in [0.2, 0.25) is 0 Å². The van der Waals surface area contributed by atoms with E-state index in [0.29, 0.717) is 29.0 Å². The van der Waals surface area contributed by atoms with Crippen molar-refractivity contribution in [2.24, 2.45) is 0 Å². The highest BCUT2D eigenvalue weighted by Gasteiger charge is 2.48. The number of carboxylic acid groups (broad SMARTS) is 1. The van der Waals surface area contributed by atoms with Crippen molar-refractivity contribution in [3.05, 3.63) is 41.7 Å². The summed E-state index contributed by atoms with van der Waals surface area (Å²) in [5, 5.41) is 17.4. The minimum atomic E-state index is -1.38. The van der Waals surface area contributed by atoms with Gasteiger partial charge in [-0.25, -0.2) is 28.9 Å². The van der Waals surface area contributed by atoms with Crippen LogP contribution in [0.15, 0.2) is 24.8 Å². The lowest BCUT2D eigenvalue weighted by atomic mass is 9.97. The number of nitrogens with zero attached hydrogens (tertiary/aromatic N) is 5. The summed E-state index contributed by atoms with van der Waals surface area (Å²) < 4.78 is 21.6. The molecule has 1 unspecified atom stereocenters. The number of halogens is 1. The van der Waals surface area contributed by atoms with Crippen LogP contribution >= 0.6 is 0 Å². The molecule has 3 aromatic rings. The Hall–Kier alpha value is -4.69. The zero-order chi connectivity index (χ0) is 27.7. The number of anilines is 2. The second kappa shape index (κ2) is 10.2. The van der Waals surface area contributed by atoms with Crippen molar-refractivity contribution in [1.29, 1.82) is 0 Å². The molecule has 1 saturated heterocycles. The van der Waals surface area contributed by atoms with E-state index in [1.807, 2.05) is 4.90 Å². The lowest BCUT2D eigenvalue weighted by molar-refractivity contribution is -0.126. The molecule has 2 fully saturated rings. The first-order valence-corrected chi connectivity index (χ1v) is 12.3. The molecule has 3 heterocycles. The van der Waals surface area contributed by atoms with Crippen molar-refractivity contribution >= 4 is 40.8 Å². The maximum atomic E-state index is 15.2. The van der Waals surface area contributed by atoms with Gasteiger partial charge in [-0.15, -0.1) is 0 Å². The smallest absolute Gasteiger partial charge is 0.407 e. The van der Waals surface area contributed by atoms with Gasteiger partial charge in [0.15, 0.2) is 11.5 Å². The quantitative estimate of drug-likeness (QED) is 0.274. The number of nitrogens with one attached hydrogen (secondary N) is 3. The van der Waals surface area contributed by atoms with E-state index in [2.05, 4.69) is 35.6 Å². The first-order valence-electron chi connectivity index (χ1n) is 12.3. The predicted molar refractivity (Wildman–Crippen MR) is 136 cm³/mol. The van der Waals surface area contributed by atoms with Crippen molar-refractivity contribution in [3.63, 3.8) is 0 Å². The molecule has 1 aliphatic carbocycles. The fourth-order valence-electron chi connectivity index (χ4n) is 4.85. The number of alkyl carbamates (subject to hydrolysis) is 1. The molecule has 2 aliphatic rings. The van der Waals surface area contributed by atoms with Gasteiger partial charge in [0, 0.05) is 35.9 Å². The van der Waals surface area contributed by atoms with Gasteiger partial charge in [0.05, 0.1) is 26.5 Å². The van der Waals surface area contributed by atoms with Gasteiger partial charge in [-0.2, -0.15) is 0 Å². The summed E-state index contributed by atoms with van der Waals surface area (Å²) in [7, 11) is 1.21. The molecule has 14 nitrogen and oxygen atoms in total. The molecule has 15 heteroatoms. The second-order valence-corrected chi connectivity index (χ2v) is 9.60. The Balaban J connectivity index is 1.54. The summed E-state index contributed by atoms with van der Waals surface area (Å²) in [5.74, 6) is -0.764. The van der Waals surface area contributed by atoms with Crippen LogP contribution < -0.4 is 26.6 Å². The zero-order valence-electron chi connectivity index (χ0n) is 21.1. The normalized spacial score (nSPS) is 18.7. The summed E-state index contributed by atoms with van der Waals surface area (Å²) in [6.45, 7) is 0.253. The third-order valence-corrected chi connectivity index (χ3v) is 7.01. The van der Waals surface area contributed by atoms with Crippen LogP contribution in [0.3, 0.4) is 0 Å². The molecule has 6 N–H and O–H groups in total. The van der Waals surface area contributed by atoms with Gasteiger partial charge >= 0.3 is 12.2 Å². The number of carbonyl (C=O) groups is 3. The number of benzene rings is 1. The number of rotatable bonds is 8. The van der Waals surface area contributed by atoms with Crippen LogP contribution in [0.25, 0.3) is 11.2 Å². The van der Waals surface area contributed by atoms with Crippen LogP contribution in [0, 0.1) is 5.82 Å². The summed E-state index contributed by atoms with van der Waals surface area (Å²) >= 11 is 0. The minimum Gasteiger partial charge on any atom is -0.465 e. The van der Waals surface area contributed by atoms with Crippen LogP contribution in [0.5, 0.6) is 0 Å². The highest BCUT2D eigenvalue weighted by molar-refractivity contribution is 5.92. The van der Waals surface area contributed by atoms with Gasteiger partial charge in [0.25, 0.3) is 0 Å². The average Bonchev–Trinajstić information content (AvgIpc) is 3.46. The monoisotopic (exact) mass is 541 g/mol. The van der Waals surface area contributed by atoms with Gasteiger partial charge in [-0.1, -0.05) is 0 Å². The lowest BCUT2D eigenvalue weighted by Crippen LogP contribution is -2.60. The van der Waals surface area contributed by atoms with E-state index >= 15 is 4.39 Å². The SMILES string of the molecule is COC(=O)NCc1c(F)ccc(N2CCC(NC(=O)O)(C(=O)NC3CC3)C2)c1Cn1cnc2c(N)ncnc21. The van der Waals surface area contributed by atoms with Gasteiger partial charge in [-0.05, 0) is 31.4 Å². The van der Waals surface area contributed by atoms with Crippen molar-refractivity contribution < 1.29 is 28.6 Å². The molecule has 0 spiro atoms. The number of aromatic nitrogens is 4. The van der Waals surface area contributed by atoms with Crippen LogP contribution in [-0.2, 0) is 22.6 Å². The Kier molecular flexibility index (Phi) is 6.80. The van der Waals surface area contributed by atoms with Crippen molar-refractivity contribution in [2.45, 2.75) is 43.9 Å². The maximum Gasteiger partial charge on any atom is 0.407 e. The number of nitrogens with two attached hydrogens (primary N) is 1. The molecule has 206 valence electrons. The molecule has 5 rings (SSSR count). The number of hydrogen-bond donors (Lipinski definition) is 5. The van der Waals surface area contributed by atoms with Gasteiger partial charge in [-0.3, -0.25) is 4.79 Å². The van der Waals surface area contributed by atoms with E-state index in [9.17, 15) is 19.5 Å². The van der Waals surface area contributed by atoms with E-state index in [-0.39, 0.29) is 49.4 Å². The molecule has 0 radical (unpaired) electrons. The highest BCUT2D eigenvalue weighted by Crippen LogP contribution is 2.34. The van der Waals surface area contributed by atoms with E-state index in [1.165, 1.54) is 25.8 Å². The standard InChI is InChI=1S/C24H28FN9O5/c1-39-23(38)27-8-14-15(9-34-12-30-18-19(26)28-11-29-20(18)34)17(5-4-16(14)25)33-7-6-24(10-33,32-22(36)37)21(35)31-13-2-3-13/h4-5,11-13,32H,2-3,6-10H2,1H3,(H,27,38)(H,31,35)(H,36,37)(H2,26,28,29). The molecule has 1 saturated carbocycles. The van der Waals surface area contributed by atoms with Crippen LogP contribution in [0.1, 0.15) is 30.4 Å². The molecular formula is C24H28FN9O5. The predicted octanol–water partition coefficient (Wildman–Crippen LogP) is 0.947. The second-order valence-electron chi connectivity index (χ2n) is 9.60. The van der Waals surface area contributed by atoms with Crippen LogP contribution in [-0.4, -0.2) is 74.5 Å². The Morgan fingerprint density at radius 1 is 1.23 bits per heavy atom. The average molecular weight is 542 g/mol. The summed E-state index contributed by atoms with van der Waals surface area (Å²) in [4.78, 5) is 51.0. The topological polar surface area (TPSA) is 190 Å². The van der Waals surface area contributed by atoms with Gasteiger partial charge in [0.1, 0.15) is 23.2 Å². The van der Waals surface area contributed by atoms with Gasteiger partial charge in [0.2, 0.25) is 5.91 Å². The Morgan fingerprint density at radius 3 is 2.74 bits per heavy atom. The molecule has 1 aromatic carbocycles. The summed E-state index contributed by atoms with van der Waals surface area (Å²) in [5.41, 5.74) is 6.59. The molecule has 3 amide bonds. The number of nitrogen functional groups attached to an aromatic ring is 1. The summed E-state index contributed by atoms with van der Waals surface area (Å²) in [6.07, 6.45) is 2.67. The summed E-state index contributed by atoms with van der Waals surface area (Å²) in [6, 6.07) is 2.89. The number of carbonyl (C=O) groups excluding carboxylic acids is 2. The lowest BCUT2D eigenvalue weighted by Gasteiger charge is -2.30. The largest absolute Gasteiger partial charge is 0.465 e. The molecule has 1 aliphatic heterocycles. The number of amides is 3. The highest BCUT2D eigenvalue weighted by atomic mass is 19.1. The Bertz CT molecular complexity index is 1440. The van der Waals surface area contributed by atoms with Crippen molar-refractivity contribution in [1.82, 2.24) is 35.5 Å². The Morgan fingerprint density at radius 2 is 2.03 bits per heavy atom. The van der Waals surface area contributed by atoms with Crippen molar-refractivity contribution in [3.8, 4) is 0 Å². The van der Waals surface area contributed by atoms with E-state index in [0.717, 1.165) is 12.8 Å². The first kappa shape index (κ1) is 25.9. The molecule has 0 bridgehead atoms. The molecular weight excluding hydrogens is 513 g/mol. The van der Waals surface area contributed by atoms with E-state index in [4.69, 9.17) is 5.73 Å². The number of ether oxygens (including phenoxy) is 1. The third-order valence-electron chi connectivity index (χ3n) is 7.01. The van der Waals surface area contributed by atoms with E-state index < -0.39 is 23.5 Å². The number of methoxy groups -OCH3 is 1. The fourth-order valence-corrected chi connectivity index (χ4v) is 4.85. The third kappa shape index (κ3) is 5.19. The Labute approximate surface area is 221 Å². The number of imidazole rings is 1. The minimum absolute atomic E-state index is 0.0279. The van der Waals surface area contributed by atoms with Gasteiger partial charge < -0.3 is 41.0 Å². The fraction of sp³-hybridized carbons (Fsp3) is 0.417. The zero-order valence-corrected chi connectivity index (χ0v) is 21.1. The molecule has 1 atom stereocenters. The number of hydrogen-bond acceptors (Lipinski definition) is 9. The molecule has 2 aromatic heterocycles. The number of fused-ring (bicyclic) bond motifs is 1. The van der Waals surface area contributed by atoms with Crippen LogP contribution in [0.4, 0.5) is 25.5 Å². The molecule has 39 heavy (non-hydrogen) atoms. The first-order chi connectivity index (χ1) is 18.7. The van der Waals surface area contributed by atoms with Crippen molar-refractivity contribution in [2.75, 3.05) is 30.8 Å².